The minimum Gasteiger partial charge on any atom is -0.487 e. The minimum atomic E-state index is -0.283. The third kappa shape index (κ3) is 4.61. The molecule has 3 rings (SSSR count). The molecule has 2 aromatic rings. The van der Waals surface area contributed by atoms with Crippen molar-refractivity contribution in [3.63, 3.8) is 0 Å². The van der Waals surface area contributed by atoms with Gasteiger partial charge in [0.15, 0.2) is 0 Å². The van der Waals surface area contributed by atoms with Crippen molar-refractivity contribution in [2.24, 2.45) is 0 Å². The van der Waals surface area contributed by atoms with Gasteiger partial charge in [-0.2, -0.15) is 0 Å². The molecule has 138 valence electrons. The first kappa shape index (κ1) is 18.8. The molecule has 1 atom stereocenters. The summed E-state index contributed by atoms with van der Waals surface area (Å²) in [6, 6.07) is 14.5. The molecule has 4 heteroatoms. The van der Waals surface area contributed by atoms with Crippen LogP contribution in [0.4, 0.5) is 0 Å². The fourth-order valence-corrected chi connectivity index (χ4v) is 4.28. The third-order valence-electron chi connectivity index (χ3n) is 4.71. The summed E-state index contributed by atoms with van der Waals surface area (Å²) in [5.74, 6) is 2.28. The predicted octanol–water partition coefficient (Wildman–Crippen LogP) is 4.96. The lowest BCUT2D eigenvalue weighted by Crippen LogP contribution is -2.41. The van der Waals surface area contributed by atoms with Gasteiger partial charge in [-0.05, 0) is 44.9 Å². The summed E-state index contributed by atoms with van der Waals surface area (Å²) in [5, 5.41) is 3.22. The van der Waals surface area contributed by atoms with E-state index in [-0.39, 0.29) is 17.6 Å². The van der Waals surface area contributed by atoms with E-state index in [4.69, 9.17) is 4.74 Å². The summed E-state index contributed by atoms with van der Waals surface area (Å²) >= 11 is 1.66. The van der Waals surface area contributed by atoms with Crippen LogP contribution in [0.5, 0.6) is 5.75 Å². The van der Waals surface area contributed by atoms with Crippen molar-refractivity contribution >= 4 is 17.7 Å². The van der Waals surface area contributed by atoms with E-state index in [0.29, 0.717) is 5.75 Å². The molecule has 0 fully saturated rings. The Morgan fingerprint density at radius 3 is 2.77 bits per heavy atom. The molecule has 0 radical (unpaired) electrons. The number of carbonyl (C=O) groups is 1. The second-order valence-corrected chi connectivity index (χ2v) is 8.63. The maximum Gasteiger partial charge on any atom is 0.230 e. The van der Waals surface area contributed by atoms with E-state index < -0.39 is 0 Å². The van der Waals surface area contributed by atoms with Crippen LogP contribution in [0.2, 0.25) is 0 Å². The Morgan fingerprint density at radius 1 is 1.23 bits per heavy atom. The van der Waals surface area contributed by atoms with Gasteiger partial charge in [0.25, 0.3) is 0 Å². The van der Waals surface area contributed by atoms with Crippen molar-refractivity contribution in [3.05, 3.63) is 64.7 Å². The molecule has 2 aromatic carbocycles. The van der Waals surface area contributed by atoms with Crippen LogP contribution in [-0.2, 0) is 10.5 Å². The standard InChI is InChI=1S/C22H27NO2S/c1-15-9-10-20-18(11-15)19(12-22(3,4)25-20)23-21(24)14-26-13-17-8-6-5-7-16(17)2/h5-11,19H,12-14H2,1-4H3,(H,23,24). The molecule has 26 heavy (non-hydrogen) atoms. The maximum absolute atomic E-state index is 12.5. The van der Waals surface area contributed by atoms with Gasteiger partial charge in [0.05, 0.1) is 11.8 Å². The Hall–Kier alpha value is -1.94. The zero-order chi connectivity index (χ0) is 18.7. The highest BCUT2D eigenvalue weighted by Gasteiger charge is 2.34. The van der Waals surface area contributed by atoms with Gasteiger partial charge in [-0.15, -0.1) is 11.8 Å². The molecule has 0 aromatic heterocycles. The van der Waals surface area contributed by atoms with Gasteiger partial charge >= 0.3 is 0 Å². The van der Waals surface area contributed by atoms with Crippen molar-refractivity contribution in [2.75, 3.05) is 5.75 Å². The number of nitrogens with one attached hydrogen (secondary N) is 1. The number of hydrogen-bond donors (Lipinski definition) is 1. The molecule has 0 saturated heterocycles. The van der Waals surface area contributed by atoms with Gasteiger partial charge in [0.1, 0.15) is 11.4 Å². The number of aryl methyl sites for hydroxylation is 2. The number of benzene rings is 2. The quantitative estimate of drug-likeness (QED) is 0.810. The van der Waals surface area contributed by atoms with E-state index >= 15 is 0 Å². The second-order valence-electron chi connectivity index (χ2n) is 7.65. The Bertz CT molecular complexity index is 800. The Morgan fingerprint density at radius 2 is 2.00 bits per heavy atom. The van der Waals surface area contributed by atoms with Gasteiger partial charge < -0.3 is 10.1 Å². The van der Waals surface area contributed by atoms with Crippen molar-refractivity contribution in [2.45, 2.75) is 51.5 Å². The number of fused-ring (bicyclic) bond motifs is 1. The Balaban J connectivity index is 1.62. The average molecular weight is 370 g/mol. The Labute approximate surface area is 160 Å². The molecular weight excluding hydrogens is 342 g/mol. The van der Waals surface area contributed by atoms with Gasteiger partial charge in [-0.1, -0.05) is 42.0 Å². The van der Waals surface area contributed by atoms with Gasteiger partial charge in [0.2, 0.25) is 5.91 Å². The van der Waals surface area contributed by atoms with Crippen LogP contribution in [0, 0.1) is 13.8 Å². The van der Waals surface area contributed by atoms with Crippen LogP contribution in [0.1, 0.15) is 48.6 Å². The maximum atomic E-state index is 12.5. The summed E-state index contributed by atoms with van der Waals surface area (Å²) in [4.78, 5) is 12.5. The zero-order valence-corrected chi connectivity index (χ0v) is 16.8. The molecule has 1 N–H and O–H groups in total. The highest BCUT2D eigenvalue weighted by Crippen LogP contribution is 2.39. The molecule has 0 spiro atoms. The normalized spacial score (nSPS) is 17.9. The van der Waals surface area contributed by atoms with E-state index in [1.807, 2.05) is 18.2 Å². The van der Waals surface area contributed by atoms with Crippen LogP contribution in [-0.4, -0.2) is 17.3 Å². The highest BCUT2D eigenvalue weighted by molar-refractivity contribution is 7.99. The Kier molecular flexibility index (Phi) is 5.61. The van der Waals surface area contributed by atoms with E-state index in [9.17, 15) is 4.79 Å². The first-order chi connectivity index (χ1) is 12.3. The van der Waals surface area contributed by atoms with Crippen LogP contribution < -0.4 is 10.1 Å². The number of amides is 1. The van der Waals surface area contributed by atoms with Crippen LogP contribution in [0.3, 0.4) is 0 Å². The van der Waals surface area contributed by atoms with Crippen molar-refractivity contribution < 1.29 is 9.53 Å². The first-order valence-corrected chi connectivity index (χ1v) is 10.2. The van der Waals surface area contributed by atoms with Crippen LogP contribution in [0.15, 0.2) is 42.5 Å². The van der Waals surface area contributed by atoms with E-state index in [1.54, 1.807) is 11.8 Å². The molecule has 0 saturated carbocycles. The molecule has 1 aliphatic heterocycles. The number of carbonyl (C=O) groups excluding carboxylic acids is 1. The van der Waals surface area contributed by atoms with Crippen LogP contribution >= 0.6 is 11.8 Å². The van der Waals surface area contributed by atoms with Crippen LogP contribution in [0.25, 0.3) is 0 Å². The molecule has 1 heterocycles. The first-order valence-electron chi connectivity index (χ1n) is 9.05. The topological polar surface area (TPSA) is 38.3 Å². The molecule has 0 bridgehead atoms. The predicted molar refractivity (Wildman–Crippen MR) is 109 cm³/mol. The highest BCUT2D eigenvalue weighted by atomic mass is 32.2. The number of ether oxygens (including phenoxy) is 1. The fraction of sp³-hybridized carbons (Fsp3) is 0.409. The molecular formula is C22H27NO2S. The molecule has 3 nitrogen and oxygen atoms in total. The average Bonchev–Trinajstić information content (AvgIpc) is 2.56. The summed E-state index contributed by atoms with van der Waals surface area (Å²) < 4.78 is 6.08. The molecule has 0 aliphatic carbocycles. The number of hydrogen-bond acceptors (Lipinski definition) is 3. The lowest BCUT2D eigenvalue weighted by atomic mass is 9.89. The lowest BCUT2D eigenvalue weighted by molar-refractivity contribution is -0.119. The third-order valence-corrected chi connectivity index (χ3v) is 5.69. The fourth-order valence-electron chi connectivity index (χ4n) is 3.36. The SMILES string of the molecule is Cc1ccc2c(c1)C(NC(=O)CSCc1ccccc1C)CC(C)(C)O2. The van der Waals surface area contributed by atoms with Crippen molar-refractivity contribution in [1.29, 1.82) is 0 Å². The van der Waals surface area contributed by atoms with Crippen molar-refractivity contribution in [1.82, 2.24) is 5.32 Å². The molecule has 1 aliphatic rings. The minimum absolute atomic E-state index is 0.000196. The largest absolute Gasteiger partial charge is 0.487 e. The summed E-state index contributed by atoms with van der Waals surface area (Å²) in [5.41, 5.74) is 4.55. The van der Waals surface area contributed by atoms with E-state index in [2.05, 4.69) is 57.3 Å². The lowest BCUT2D eigenvalue weighted by Gasteiger charge is -2.38. The van der Waals surface area contributed by atoms with E-state index in [0.717, 1.165) is 23.5 Å². The summed E-state index contributed by atoms with van der Waals surface area (Å²) in [7, 11) is 0. The van der Waals surface area contributed by atoms with Crippen molar-refractivity contribution in [3.8, 4) is 5.75 Å². The second kappa shape index (κ2) is 7.75. The molecule has 1 unspecified atom stereocenters. The number of rotatable bonds is 5. The zero-order valence-electron chi connectivity index (χ0n) is 16.0. The van der Waals surface area contributed by atoms with Gasteiger partial charge in [0, 0.05) is 17.7 Å². The monoisotopic (exact) mass is 369 g/mol. The van der Waals surface area contributed by atoms with Gasteiger partial charge in [-0.3, -0.25) is 4.79 Å². The van der Waals surface area contributed by atoms with E-state index in [1.165, 1.54) is 16.7 Å². The number of thioether (sulfide) groups is 1. The smallest absolute Gasteiger partial charge is 0.230 e. The summed E-state index contributed by atoms with van der Waals surface area (Å²) in [6.45, 7) is 8.32. The van der Waals surface area contributed by atoms with Gasteiger partial charge in [-0.25, -0.2) is 0 Å². The molecule has 1 amide bonds. The summed E-state index contributed by atoms with van der Waals surface area (Å²) in [6.07, 6.45) is 0.775.